The van der Waals surface area contributed by atoms with Crippen molar-refractivity contribution in [3.8, 4) is 0 Å². The number of quaternary nitrogens is 1. The number of aliphatic hydroxyl groups is 2. The van der Waals surface area contributed by atoms with E-state index in [1.807, 2.05) is 0 Å². The summed E-state index contributed by atoms with van der Waals surface area (Å²) in [6.45, 7) is 4.41. The summed E-state index contributed by atoms with van der Waals surface area (Å²) in [5, 5.41) is 20.8. The lowest BCUT2D eigenvalue weighted by Crippen LogP contribution is -2.41. The smallest absolute Gasteiger partial charge is 0.359 e. The molecule has 8 heteroatoms. The van der Waals surface area contributed by atoms with Crippen molar-refractivity contribution in [1.82, 2.24) is 5.32 Å². The van der Waals surface area contributed by atoms with Gasteiger partial charge in [0.25, 0.3) is 0 Å². The average Bonchev–Trinajstić information content (AvgIpc) is 2.66. The number of nitrogens with zero attached hydrogens (tertiary/aromatic N) is 1. The molecule has 0 aromatic heterocycles. The van der Waals surface area contributed by atoms with Gasteiger partial charge in [-0.25, -0.2) is 0 Å². The first-order valence-corrected chi connectivity index (χ1v) is 14.1. The number of aliphatic hydroxyl groups excluding tert-OH is 2. The Morgan fingerprint density at radius 3 is 1.42 bits per heavy atom. The van der Waals surface area contributed by atoms with Gasteiger partial charge in [0, 0.05) is 6.54 Å². The van der Waals surface area contributed by atoms with Crippen molar-refractivity contribution in [2.75, 3.05) is 47.4 Å². The third-order valence-electron chi connectivity index (χ3n) is 5.09. The molecule has 5 N–H and O–H groups in total. The molecule has 0 aliphatic heterocycles. The topological polar surface area (TPSA) is 110 Å². The fourth-order valence-electron chi connectivity index (χ4n) is 3.24. The Bertz CT molecular complexity index is 395. The number of likely N-dealkylation sites (N-methyl/N-ethyl adjacent to an activating group) is 1. The van der Waals surface area contributed by atoms with Gasteiger partial charge in [-0.1, -0.05) is 90.4 Å². The number of nitrogens with one attached hydrogen (secondary N) is 1. The molecule has 0 aromatic rings. The predicted octanol–water partition coefficient (Wildman–Crippen LogP) is 4.24. The molecule has 0 heterocycles. The first-order chi connectivity index (χ1) is 14.5. The normalized spacial score (nSPS) is 13.0. The second-order valence-electron chi connectivity index (χ2n) is 9.61. The molecule has 0 aliphatic rings. The maximum atomic E-state index is 10.4. The molecule has 190 valence electrons. The summed E-state index contributed by atoms with van der Waals surface area (Å²) in [7, 11) is 0.933. The standard InChI is InChI=1S/C18H39NO.C5H14NO4P/c1-2-3-4-5-6-7-8-9-10-11-12-13-14-15-16-19-17-18-20;1-6(2,3)4-5(7)11(8,9)10/h19-20H,2-18H2,1H3;5,7H,4H2,1-3H3,(H-,8,9,10)/p+1. The number of hydrogen-bond acceptors (Lipinski definition) is 4. The highest BCUT2D eigenvalue weighted by Gasteiger charge is 2.31. The Kier molecular flexibility index (Phi) is 23.3. The van der Waals surface area contributed by atoms with Crippen LogP contribution in [0.5, 0.6) is 0 Å². The summed E-state index contributed by atoms with van der Waals surface area (Å²) in [6, 6.07) is 0. The Balaban J connectivity index is 0. The van der Waals surface area contributed by atoms with Gasteiger partial charge in [-0.2, -0.15) is 0 Å². The lowest BCUT2D eigenvalue weighted by molar-refractivity contribution is -0.872. The Morgan fingerprint density at radius 1 is 0.742 bits per heavy atom. The second-order valence-corrected chi connectivity index (χ2v) is 11.4. The van der Waals surface area contributed by atoms with Crippen molar-refractivity contribution in [2.24, 2.45) is 0 Å². The van der Waals surface area contributed by atoms with Gasteiger partial charge >= 0.3 is 7.60 Å². The van der Waals surface area contributed by atoms with Gasteiger partial charge in [-0.3, -0.25) is 4.57 Å². The van der Waals surface area contributed by atoms with Crippen molar-refractivity contribution < 1.29 is 29.0 Å². The van der Waals surface area contributed by atoms with Crippen LogP contribution in [0.25, 0.3) is 0 Å². The summed E-state index contributed by atoms with van der Waals surface area (Å²) in [4.78, 5) is 17.0. The molecule has 0 amide bonds. The van der Waals surface area contributed by atoms with Crippen molar-refractivity contribution >= 4 is 7.60 Å². The van der Waals surface area contributed by atoms with E-state index in [-0.39, 0.29) is 13.2 Å². The van der Waals surface area contributed by atoms with Gasteiger partial charge in [-0.05, 0) is 13.0 Å². The van der Waals surface area contributed by atoms with E-state index in [4.69, 9.17) is 20.0 Å². The molecular formula is C23H54N2O5P+. The Labute approximate surface area is 192 Å². The molecule has 0 rings (SSSR count). The lowest BCUT2D eigenvalue weighted by atomic mass is 10.0. The summed E-state index contributed by atoms with van der Waals surface area (Å²) >= 11 is 0. The van der Waals surface area contributed by atoms with E-state index < -0.39 is 13.4 Å². The highest BCUT2D eigenvalue weighted by atomic mass is 31.2. The minimum Gasteiger partial charge on any atom is -0.395 e. The van der Waals surface area contributed by atoms with Gasteiger partial charge in [0.05, 0.1) is 27.7 Å². The van der Waals surface area contributed by atoms with Gasteiger partial charge in [0.1, 0.15) is 6.54 Å². The zero-order valence-electron chi connectivity index (χ0n) is 20.9. The third kappa shape index (κ3) is 30.0. The molecule has 0 saturated heterocycles. The molecule has 0 spiro atoms. The summed E-state index contributed by atoms with van der Waals surface area (Å²) < 4.78 is 10.8. The molecule has 0 fully saturated rings. The molecule has 0 radical (unpaired) electrons. The van der Waals surface area contributed by atoms with E-state index in [0.717, 1.165) is 13.1 Å². The largest absolute Gasteiger partial charge is 0.395 e. The number of rotatable bonds is 20. The highest BCUT2D eigenvalue weighted by Crippen LogP contribution is 2.39. The van der Waals surface area contributed by atoms with Crippen LogP contribution in [0.4, 0.5) is 0 Å². The fraction of sp³-hybridized carbons (Fsp3) is 1.00. The Hall–Kier alpha value is -0.0100. The second kappa shape index (κ2) is 21.8. The molecule has 1 atom stereocenters. The van der Waals surface area contributed by atoms with Gasteiger partial charge < -0.3 is 29.8 Å². The molecule has 31 heavy (non-hydrogen) atoms. The predicted molar refractivity (Wildman–Crippen MR) is 131 cm³/mol. The molecule has 1 unspecified atom stereocenters. The van der Waals surface area contributed by atoms with E-state index in [1.165, 1.54) is 89.9 Å². The zero-order valence-corrected chi connectivity index (χ0v) is 21.8. The first-order valence-electron chi connectivity index (χ1n) is 12.4. The highest BCUT2D eigenvalue weighted by molar-refractivity contribution is 7.52. The molecular weight excluding hydrogens is 415 g/mol. The van der Waals surface area contributed by atoms with Crippen molar-refractivity contribution in [3.05, 3.63) is 0 Å². The summed E-state index contributed by atoms with van der Waals surface area (Å²) in [5.74, 6) is -1.55. The Morgan fingerprint density at radius 2 is 1.13 bits per heavy atom. The number of unbranched alkanes of at least 4 members (excludes halogenated alkanes) is 13. The SMILES string of the molecule is CCCCCCCCCCCCCCCCNCCO.C[N+](C)(C)CC(O)P(=O)(O)O. The van der Waals surface area contributed by atoms with E-state index in [1.54, 1.807) is 21.1 Å². The van der Waals surface area contributed by atoms with Crippen LogP contribution in [0.15, 0.2) is 0 Å². The average molecular weight is 470 g/mol. The fourth-order valence-corrected chi connectivity index (χ4v) is 3.95. The third-order valence-corrected chi connectivity index (χ3v) is 6.03. The quantitative estimate of drug-likeness (QED) is 0.104. The molecule has 0 aliphatic carbocycles. The van der Waals surface area contributed by atoms with Crippen LogP contribution in [0.2, 0.25) is 0 Å². The van der Waals surface area contributed by atoms with Gasteiger partial charge in [0.15, 0.2) is 0 Å². The molecule has 0 bridgehead atoms. The van der Waals surface area contributed by atoms with E-state index >= 15 is 0 Å². The van der Waals surface area contributed by atoms with Crippen LogP contribution in [-0.4, -0.2) is 77.7 Å². The van der Waals surface area contributed by atoms with Crippen LogP contribution < -0.4 is 5.32 Å². The maximum absolute atomic E-state index is 10.4. The summed E-state index contributed by atoms with van der Waals surface area (Å²) in [6.07, 6.45) is 19.8. The number of hydrogen-bond donors (Lipinski definition) is 5. The zero-order chi connectivity index (χ0) is 24.0. The van der Waals surface area contributed by atoms with Gasteiger partial charge in [-0.15, -0.1) is 0 Å². The lowest BCUT2D eigenvalue weighted by Gasteiger charge is -2.26. The first kappa shape index (κ1) is 33.2. The molecule has 0 saturated carbocycles. The van der Waals surface area contributed by atoms with E-state index in [2.05, 4.69) is 12.2 Å². The van der Waals surface area contributed by atoms with Crippen molar-refractivity contribution in [2.45, 2.75) is 103 Å². The van der Waals surface area contributed by atoms with Crippen LogP contribution in [0.3, 0.4) is 0 Å². The van der Waals surface area contributed by atoms with Crippen molar-refractivity contribution in [3.63, 3.8) is 0 Å². The summed E-state index contributed by atoms with van der Waals surface area (Å²) in [5.41, 5.74) is 0. The minimum atomic E-state index is -4.31. The van der Waals surface area contributed by atoms with Crippen LogP contribution in [0, 0.1) is 0 Å². The van der Waals surface area contributed by atoms with Crippen LogP contribution in [-0.2, 0) is 4.57 Å². The van der Waals surface area contributed by atoms with Crippen molar-refractivity contribution in [1.29, 1.82) is 0 Å². The monoisotopic (exact) mass is 469 g/mol. The molecule has 7 nitrogen and oxygen atoms in total. The van der Waals surface area contributed by atoms with E-state index in [9.17, 15) is 4.57 Å². The maximum Gasteiger partial charge on any atom is 0.359 e. The minimum absolute atomic E-state index is 0.0459. The van der Waals surface area contributed by atoms with Crippen LogP contribution >= 0.6 is 7.60 Å². The van der Waals surface area contributed by atoms with Crippen LogP contribution in [0.1, 0.15) is 96.8 Å². The molecule has 0 aromatic carbocycles. The van der Waals surface area contributed by atoms with E-state index in [0.29, 0.717) is 4.48 Å². The van der Waals surface area contributed by atoms with Gasteiger partial charge in [0.2, 0.25) is 5.85 Å².